The molecule has 2 aromatic carbocycles. The van der Waals surface area contributed by atoms with E-state index in [4.69, 9.17) is 27.6 Å². The van der Waals surface area contributed by atoms with Crippen LogP contribution in [0.4, 0.5) is 5.69 Å². The van der Waals surface area contributed by atoms with Crippen LogP contribution in [0.3, 0.4) is 0 Å². The predicted molar refractivity (Wildman–Crippen MR) is 117 cm³/mol. The first-order valence-electron chi connectivity index (χ1n) is 9.10. The number of hydrogen-bond acceptors (Lipinski definition) is 2. The van der Waals surface area contributed by atoms with Gasteiger partial charge in [0, 0.05) is 27.4 Å². The van der Waals surface area contributed by atoms with Crippen LogP contribution in [0.1, 0.15) is 37.5 Å². The van der Waals surface area contributed by atoms with Gasteiger partial charge >= 0.3 is 0 Å². The van der Waals surface area contributed by atoms with Crippen molar-refractivity contribution in [3.8, 4) is 11.3 Å². The summed E-state index contributed by atoms with van der Waals surface area (Å²) in [6.07, 6.45) is 4.10. The molecule has 0 radical (unpaired) electrons. The maximum absolute atomic E-state index is 12.3. The lowest BCUT2D eigenvalue weighted by atomic mass is 9.97. The number of carbonyl (C=O) groups excluding carboxylic acids is 1. The number of halogens is 2. The van der Waals surface area contributed by atoms with Crippen LogP contribution in [0, 0.1) is 0 Å². The molecule has 0 spiro atoms. The van der Waals surface area contributed by atoms with E-state index in [0.29, 0.717) is 27.5 Å². The fraction of sp³-hybridized carbons (Fsp3) is 0.174. The van der Waals surface area contributed by atoms with Gasteiger partial charge in [0.2, 0.25) is 5.91 Å². The van der Waals surface area contributed by atoms with Gasteiger partial charge in [0.15, 0.2) is 0 Å². The van der Waals surface area contributed by atoms with Gasteiger partial charge in [-0.3, -0.25) is 4.79 Å². The highest BCUT2D eigenvalue weighted by atomic mass is 35.5. The number of furan rings is 1. The Hall–Kier alpha value is -2.49. The number of hydrogen-bond donors (Lipinski definition) is 1. The van der Waals surface area contributed by atoms with Gasteiger partial charge in [0.05, 0.1) is 0 Å². The van der Waals surface area contributed by atoms with Crippen molar-refractivity contribution in [2.75, 3.05) is 5.32 Å². The number of nitrogens with one attached hydrogen (secondary N) is 1. The fourth-order valence-electron chi connectivity index (χ4n) is 2.89. The minimum absolute atomic E-state index is 0.209. The quantitative estimate of drug-likeness (QED) is 0.427. The number of para-hydroxylation sites is 1. The Balaban J connectivity index is 1.71. The average molecular weight is 414 g/mol. The highest BCUT2D eigenvalue weighted by Crippen LogP contribution is 2.29. The molecule has 1 heterocycles. The second-order valence-electron chi connectivity index (χ2n) is 6.58. The minimum Gasteiger partial charge on any atom is -0.457 e. The van der Waals surface area contributed by atoms with Crippen molar-refractivity contribution in [3.05, 3.63) is 82.0 Å². The summed E-state index contributed by atoms with van der Waals surface area (Å²) in [7, 11) is 0. The largest absolute Gasteiger partial charge is 0.457 e. The van der Waals surface area contributed by atoms with Crippen LogP contribution < -0.4 is 5.32 Å². The molecule has 0 saturated carbocycles. The standard InChI is InChI=1S/C23H21Cl2NO2/c1-3-15(2)20-6-4-5-7-21(20)26-23(27)11-9-19-8-10-22(28-19)16-12-17(24)14-18(25)13-16/h4-15H,3H2,1-2H3,(H,26,27)/b11-9+. The van der Waals surface area contributed by atoms with Crippen LogP contribution in [0.25, 0.3) is 17.4 Å². The minimum atomic E-state index is -0.209. The molecule has 3 rings (SSSR count). The molecule has 0 aliphatic rings. The zero-order chi connectivity index (χ0) is 20.1. The lowest BCUT2D eigenvalue weighted by Crippen LogP contribution is -2.10. The third-order valence-electron chi connectivity index (χ3n) is 4.53. The molecule has 0 aliphatic carbocycles. The maximum atomic E-state index is 12.3. The fourth-order valence-corrected chi connectivity index (χ4v) is 3.41. The molecular formula is C23H21Cl2NO2. The molecule has 3 aromatic rings. The lowest BCUT2D eigenvalue weighted by Gasteiger charge is -2.14. The number of rotatable bonds is 6. The van der Waals surface area contributed by atoms with Gasteiger partial charge in [0.25, 0.3) is 0 Å². The van der Waals surface area contributed by atoms with Crippen LogP contribution in [0.15, 0.2) is 65.1 Å². The van der Waals surface area contributed by atoms with E-state index in [1.54, 1.807) is 30.3 Å². The van der Waals surface area contributed by atoms with Crippen LogP contribution >= 0.6 is 23.2 Å². The third-order valence-corrected chi connectivity index (χ3v) is 4.97. The summed E-state index contributed by atoms with van der Waals surface area (Å²) >= 11 is 12.1. The molecule has 1 aromatic heterocycles. The lowest BCUT2D eigenvalue weighted by molar-refractivity contribution is -0.111. The Morgan fingerprint density at radius 2 is 1.82 bits per heavy atom. The van der Waals surface area contributed by atoms with E-state index in [0.717, 1.165) is 23.2 Å². The van der Waals surface area contributed by atoms with E-state index >= 15 is 0 Å². The molecule has 0 saturated heterocycles. The normalized spacial score (nSPS) is 12.3. The van der Waals surface area contributed by atoms with E-state index in [2.05, 4.69) is 19.2 Å². The van der Waals surface area contributed by atoms with Gasteiger partial charge in [-0.15, -0.1) is 0 Å². The van der Waals surface area contributed by atoms with Crippen LogP contribution in [0.2, 0.25) is 10.0 Å². The molecule has 1 N–H and O–H groups in total. The highest BCUT2D eigenvalue weighted by Gasteiger charge is 2.10. The van der Waals surface area contributed by atoms with Gasteiger partial charge in [-0.2, -0.15) is 0 Å². The van der Waals surface area contributed by atoms with Crippen molar-refractivity contribution in [3.63, 3.8) is 0 Å². The van der Waals surface area contributed by atoms with Crippen molar-refractivity contribution in [1.29, 1.82) is 0 Å². The first-order chi connectivity index (χ1) is 13.5. The maximum Gasteiger partial charge on any atom is 0.248 e. The van der Waals surface area contributed by atoms with Crippen LogP contribution in [-0.2, 0) is 4.79 Å². The van der Waals surface area contributed by atoms with Crippen molar-refractivity contribution < 1.29 is 9.21 Å². The molecule has 1 atom stereocenters. The zero-order valence-corrected chi connectivity index (χ0v) is 17.2. The average Bonchev–Trinajstić information content (AvgIpc) is 3.14. The Kier molecular flexibility index (Phi) is 6.61. The van der Waals surface area contributed by atoms with Crippen LogP contribution in [0.5, 0.6) is 0 Å². The molecule has 0 aliphatic heterocycles. The van der Waals surface area contributed by atoms with E-state index in [-0.39, 0.29) is 5.91 Å². The Labute approximate surface area is 175 Å². The molecule has 1 unspecified atom stereocenters. The summed E-state index contributed by atoms with van der Waals surface area (Å²) in [5.41, 5.74) is 2.74. The Morgan fingerprint density at radius 1 is 1.11 bits per heavy atom. The molecule has 144 valence electrons. The number of benzene rings is 2. The van der Waals surface area contributed by atoms with Gasteiger partial charge in [-0.25, -0.2) is 0 Å². The predicted octanol–water partition coefficient (Wildman–Crippen LogP) is 7.42. The van der Waals surface area contributed by atoms with Gasteiger partial charge in [-0.1, -0.05) is 55.2 Å². The van der Waals surface area contributed by atoms with Crippen molar-refractivity contribution >= 4 is 40.9 Å². The van der Waals surface area contributed by atoms with Gasteiger partial charge in [-0.05, 0) is 60.4 Å². The van der Waals surface area contributed by atoms with Crippen molar-refractivity contribution in [2.24, 2.45) is 0 Å². The second kappa shape index (κ2) is 9.13. The van der Waals surface area contributed by atoms with Gasteiger partial charge < -0.3 is 9.73 Å². The summed E-state index contributed by atoms with van der Waals surface area (Å²) in [4.78, 5) is 12.3. The first-order valence-corrected chi connectivity index (χ1v) is 9.86. The van der Waals surface area contributed by atoms with Crippen molar-refractivity contribution in [1.82, 2.24) is 0 Å². The topological polar surface area (TPSA) is 42.2 Å². The van der Waals surface area contributed by atoms with Crippen LogP contribution in [-0.4, -0.2) is 5.91 Å². The molecule has 0 fully saturated rings. The first kappa shape index (κ1) is 20.2. The number of amides is 1. The van der Waals surface area contributed by atoms with Gasteiger partial charge in [0.1, 0.15) is 11.5 Å². The molecule has 5 heteroatoms. The van der Waals surface area contributed by atoms with E-state index in [1.807, 2.05) is 30.3 Å². The highest BCUT2D eigenvalue weighted by molar-refractivity contribution is 6.35. The van der Waals surface area contributed by atoms with E-state index < -0.39 is 0 Å². The second-order valence-corrected chi connectivity index (χ2v) is 7.45. The molecular weight excluding hydrogens is 393 g/mol. The zero-order valence-electron chi connectivity index (χ0n) is 15.7. The number of carbonyl (C=O) groups is 1. The molecule has 0 bridgehead atoms. The third kappa shape index (κ3) is 5.06. The summed E-state index contributed by atoms with van der Waals surface area (Å²) in [6, 6.07) is 16.7. The SMILES string of the molecule is CCC(C)c1ccccc1NC(=O)/C=C/c1ccc(-c2cc(Cl)cc(Cl)c2)o1. The summed E-state index contributed by atoms with van der Waals surface area (Å²) in [5.74, 6) is 1.36. The Morgan fingerprint density at radius 3 is 2.54 bits per heavy atom. The summed E-state index contributed by atoms with van der Waals surface area (Å²) < 4.78 is 5.78. The smallest absolute Gasteiger partial charge is 0.248 e. The monoisotopic (exact) mass is 413 g/mol. The molecule has 3 nitrogen and oxygen atoms in total. The molecule has 1 amide bonds. The number of anilines is 1. The Bertz CT molecular complexity index is 987. The summed E-state index contributed by atoms with van der Waals surface area (Å²) in [5, 5.41) is 4.02. The van der Waals surface area contributed by atoms with E-state index in [1.165, 1.54) is 6.08 Å². The molecule has 28 heavy (non-hydrogen) atoms. The van der Waals surface area contributed by atoms with E-state index in [9.17, 15) is 4.79 Å². The summed E-state index contributed by atoms with van der Waals surface area (Å²) in [6.45, 7) is 4.28. The van der Waals surface area contributed by atoms with Crippen molar-refractivity contribution in [2.45, 2.75) is 26.2 Å².